The molecule has 3 nitrogen and oxygen atoms in total. The summed E-state index contributed by atoms with van der Waals surface area (Å²) in [7, 11) is 0. The highest BCUT2D eigenvalue weighted by Crippen LogP contribution is 2.19. The molecule has 1 saturated heterocycles. The molecule has 0 bridgehead atoms. The third-order valence-corrected chi connectivity index (χ3v) is 3.26. The summed E-state index contributed by atoms with van der Waals surface area (Å²) in [5.41, 5.74) is -0.161. The van der Waals surface area contributed by atoms with Gasteiger partial charge in [-0.3, -0.25) is 4.79 Å². The van der Waals surface area contributed by atoms with Crippen LogP contribution in [0.5, 0.6) is 0 Å². The molecule has 0 aliphatic carbocycles. The van der Waals surface area contributed by atoms with Crippen molar-refractivity contribution in [3.63, 3.8) is 0 Å². The third kappa shape index (κ3) is 2.22. The van der Waals surface area contributed by atoms with E-state index in [1.165, 1.54) is 17.9 Å². The van der Waals surface area contributed by atoms with Crippen molar-refractivity contribution in [2.45, 2.75) is 19.9 Å². The lowest BCUT2D eigenvalue weighted by molar-refractivity contribution is 0.0645. The first-order valence-corrected chi connectivity index (χ1v) is 5.98. The van der Waals surface area contributed by atoms with Gasteiger partial charge >= 0.3 is 0 Å². The van der Waals surface area contributed by atoms with Gasteiger partial charge in [-0.25, -0.2) is 8.78 Å². The minimum absolute atomic E-state index is 0.0643. The zero-order valence-corrected chi connectivity index (χ0v) is 10.5. The molecule has 98 valence electrons. The first-order chi connectivity index (χ1) is 8.52. The molecular weight excluding hydrogens is 238 g/mol. The second-order valence-electron chi connectivity index (χ2n) is 4.60. The standard InChI is InChI=1S/C13H16F2N2O/c1-8-3-4-10(14)11(12(8)15)13(18)17-6-5-16-7-9(17)2/h3-4,9,16H,5-7H2,1-2H3. The Balaban J connectivity index is 2.36. The first kappa shape index (κ1) is 13.0. The lowest BCUT2D eigenvalue weighted by Crippen LogP contribution is -2.52. The number of piperazine rings is 1. The monoisotopic (exact) mass is 254 g/mol. The van der Waals surface area contributed by atoms with Crippen LogP contribution in [0.2, 0.25) is 0 Å². The topological polar surface area (TPSA) is 32.3 Å². The molecule has 0 spiro atoms. The molecule has 1 aliphatic rings. The highest BCUT2D eigenvalue weighted by Gasteiger charge is 2.28. The van der Waals surface area contributed by atoms with Crippen LogP contribution in [-0.4, -0.2) is 36.5 Å². The van der Waals surface area contributed by atoms with Crippen LogP contribution in [0.4, 0.5) is 8.78 Å². The SMILES string of the molecule is Cc1ccc(F)c(C(=O)N2CCNCC2C)c1F. The number of amides is 1. The molecule has 1 heterocycles. The quantitative estimate of drug-likeness (QED) is 0.827. The number of carbonyl (C=O) groups excluding carboxylic acids is 1. The highest BCUT2D eigenvalue weighted by molar-refractivity contribution is 5.95. The van der Waals surface area contributed by atoms with E-state index >= 15 is 0 Å². The summed E-state index contributed by atoms with van der Waals surface area (Å²) < 4.78 is 27.6. The van der Waals surface area contributed by atoms with Gasteiger partial charge in [0.25, 0.3) is 5.91 Å². The number of carbonyl (C=O) groups is 1. The second kappa shape index (κ2) is 5.02. The van der Waals surface area contributed by atoms with E-state index in [9.17, 15) is 13.6 Å². The molecule has 0 aromatic heterocycles. The molecule has 1 atom stereocenters. The van der Waals surface area contributed by atoms with Gasteiger partial charge in [-0.1, -0.05) is 6.07 Å². The van der Waals surface area contributed by atoms with Crippen LogP contribution in [0.15, 0.2) is 12.1 Å². The van der Waals surface area contributed by atoms with Crippen molar-refractivity contribution in [1.29, 1.82) is 0 Å². The highest BCUT2D eigenvalue weighted by atomic mass is 19.1. The molecule has 2 rings (SSSR count). The molecule has 0 radical (unpaired) electrons. The van der Waals surface area contributed by atoms with Crippen molar-refractivity contribution in [3.8, 4) is 0 Å². The molecule has 0 saturated carbocycles. The third-order valence-electron chi connectivity index (χ3n) is 3.26. The molecule has 1 aliphatic heterocycles. The van der Waals surface area contributed by atoms with Gasteiger partial charge in [-0.15, -0.1) is 0 Å². The van der Waals surface area contributed by atoms with Crippen LogP contribution in [-0.2, 0) is 0 Å². The predicted octanol–water partition coefficient (Wildman–Crippen LogP) is 1.71. The van der Waals surface area contributed by atoms with Gasteiger partial charge in [0.15, 0.2) is 0 Å². The van der Waals surface area contributed by atoms with Crippen molar-refractivity contribution >= 4 is 5.91 Å². The number of nitrogens with one attached hydrogen (secondary N) is 1. The Morgan fingerprint density at radius 3 is 2.83 bits per heavy atom. The average molecular weight is 254 g/mol. The summed E-state index contributed by atoms with van der Waals surface area (Å²) in [6.07, 6.45) is 0. The van der Waals surface area contributed by atoms with E-state index in [0.717, 1.165) is 6.07 Å². The van der Waals surface area contributed by atoms with E-state index in [-0.39, 0.29) is 11.6 Å². The van der Waals surface area contributed by atoms with Gasteiger partial charge < -0.3 is 10.2 Å². The van der Waals surface area contributed by atoms with Gasteiger partial charge in [0, 0.05) is 25.7 Å². The van der Waals surface area contributed by atoms with Gasteiger partial charge in [-0.2, -0.15) is 0 Å². The number of hydrogen-bond acceptors (Lipinski definition) is 2. The fourth-order valence-corrected chi connectivity index (χ4v) is 2.14. The Bertz CT molecular complexity index is 476. The smallest absolute Gasteiger partial charge is 0.260 e. The van der Waals surface area contributed by atoms with Crippen LogP contribution in [0, 0.1) is 18.6 Å². The van der Waals surface area contributed by atoms with Crippen molar-refractivity contribution < 1.29 is 13.6 Å². The Labute approximate surface area is 105 Å². The second-order valence-corrected chi connectivity index (χ2v) is 4.60. The number of rotatable bonds is 1. The minimum Gasteiger partial charge on any atom is -0.333 e. The lowest BCUT2D eigenvalue weighted by Gasteiger charge is -2.34. The maximum atomic E-state index is 13.9. The molecular formula is C13H16F2N2O. The summed E-state index contributed by atoms with van der Waals surface area (Å²) in [6.45, 7) is 5.13. The van der Waals surface area contributed by atoms with Gasteiger partial charge in [0.1, 0.15) is 17.2 Å². The number of halogens is 2. The van der Waals surface area contributed by atoms with Gasteiger partial charge in [0.2, 0.25) is 0 Å². The van der Waals surface area contributed by atoms with E-state index < -0.39 is 23.1 Å². The van der Waals surface area contributed by atoms with Crippen LogP contribution < -0.4 is 5.32 Å². The fraction of sp³-hybridized carbons (Fsp3) is 0.462. The number of aryl methyl sites for hydroxylation is 1. The molecule has 1 unspecified atom stereocenters. The molecule has 18 heavy (non-hydrogen) atoms. The van der Waals surface area contributed by atoms with Crippen LogP contribution in [0.1, 0.15) is 22.8 Å². The Hall–Kier alpha value is -1.49. The Morgan fingerprint density at radius 1 is 1.44 bits per heavy atom. The zero-order valence-electron chi connectivity index (χ0n) is 10.5. The molecule has 1 N–H and O–H groups in total. The van der Waals surface area contributed by atoms with E-state index in [1.54, 1.807) is 0 Å². The number of hydrogen-bond donors (Lipinski definition) is 1. The van der Waals surface area contributed by atoms with Crippen LogP contribution in [0.25, 0.3) is 0 Å². The average Bonchev–Trinajstić information content (AvgIpc) is 2.35. The summed E-state index contributed by atoms with van der Waals surface area (Å²) in [6, 6.07) is 2.41. The van der Waals surface area contributed by atoms with Crippen LogP contribution in [0.3, 0.4) is 0 Å². The van der Waals surface area contributed by atoms with E-state index in [4.69, 9.17) is 0 Å². The van der Waals surface area contributed by atoms with E-state index in [2.05, 4.69) is 5.32 Å². The molecule has 5 heteroatoms. The zero-order chi connectivity index (χ0) is 13.3. The van der Waals surface area contributed by atoms with Crippen molar-refractivity contribution in [2.24, 2.45) is 0 Å². The van der Waals surface area contributed by atoms with E-state index in [0.29, 0.717) is 19.6 Å². The molecule has 1 fully saturated rings. The number of nitrogens with zero attached hydrogens (tertiary/aromatic N) is 1. The lowest BCUT2D eigenvalue weighted by atomic mass is 10.1. The van der Waals surface area contributed by atoms with Crippen molar-refractivity contribution in [2.75, 3.05) is 19.6 Å². The molecule has 1 aromatic rings. The molecule has 1 amide bonds. The number of benzene rings is 1. The van der Waals surface area contributed by atoms with Gasteiger partial charge in [0.05, 0.1) is 0 Å². The normalized spacial score (nSPS) is 20.0. The van der Waals surface area contributed by atoms with Crippen molar-refractivity contribution in [1.82, 2.24) is 10.2 Å². The molecule has 1 aromatic carbocycles. The Kier molecular flexibility index (Phi) is 3.61. The summed E-state index contributed by atoms with van der Waals surface area (Å²) in [5, 5.41) is 3.13. The maximum Gasteiger partial charge on any atom is 0.260 e. The Morgan fingerprint density at radius 2 is 2.17 bits per heavy atom. The summed E-state index contributed by atoms with van der Waals surface area (Å²) in [5.74, 6) is -2.12. The van der Waals surface area contributed by atoms with Gasteiger partial charge in [-0.05, 0) is 25.5 Å². The van der Waals surface area contributed by atoms with E-state index in [1.807, 2.05) is 6.92 Å². The fourth-order valence-electron chi connectivity index (χ4n) is 2.14. The minimum atomic E-state index is -0.797. The van der Waals surface area contributed by atoms with Crippen LogP contribution >= 0.6 is 0 Å². The summed E-state index contributed by atoms with van der Waals surface area (Å²) in [4.78, 5) is 13.7. The largest absolute Gasteiger partial charge is 0.333 e. The first-order valence-electron chi connectivity index (χ1n) is 5.98. The maximum absolute atomic E-state index is 13.9. The summed E-state index contributed by atoms with van der Waals surface area (Å²) >= 11 is 0. The predicted molar refractivity (Wildman–Crippen MR) is 64.5 cm³/mol. The van der Waals surface area contributed by atoms with Crippen molar-refractivity contribution in [3.05, 3.63) is 34.9 Å².